The zero-order valence-corrected chi connectivity index (χ0v) is 11.9. The minimum absolute atomic E-state index is 0.210. The van der Waals surface area contributed by atoms with Gasteiger partial charge in [-0.3, -0.25) is 4.90 Å². The molecule has 5 nitrogen and oxygen atoms in total. The van der Waals surface area contributed by atoms with Crippen LogP contribution < -0.4 is 0 Å². The zero-order chi connectivity index (χ0) is 13.8. The Morgan fingerprint density at radius 1 is 1.32 bits per heavy atom. The second-order valence-electron chi connectivity index (χ2n) is 5.06. The zero-order valence-electron chi connectivity index (χ0n) is 11.9. The van der Waals surface area contributed by atoms with Crippen molar-refractivity contribution in [3.8, 4) is 0 Å². The Hall–Kier alpha value is -1.75. The maximum atomic E-state index is 5.45. The van der Waals surface area contributed by atoms with Crippen LogP contribution in [0.3, 0.4) is 0 Å². The number of hydrogen-bond acceptors (Lipinski definition) is 5. The second kappa shape index (κ2) is 5.93. The Balaban J connectivity index is 2.02. The van der Waals surface area contributed by atoms with Crippen LogP contribution in [0.25, 0.3) is 0 Å². The first-order valence-electron chi connectivity index (χ1n) is 6.48. The lowest BCUT2D eigenvalue weighted by atomic mass is 10.2. The fraction of sp³-hybridized carbons (Fsp3) is 0.500. The molecule has 0 spiro atoms. The molecule has 2 heterocycles. The van der Waals surface area contributed by atoms with Crippen LogP contribution in [0.15, 0.2) is 29.3 Å². The van der Waals surface area contributed by atoms with E-state index < -0.39 is 0 Å². The van der Waals surface area contributed by atoms with E-state index in [1.54, 1.807) is 18.8 Å². The lowest BCUT2D eigenvalue weighted by Crippen LogP contribution is -2.22. The third-order valence-corrected chi connectivity index (χ3v) is 3.17. The predicted molar refractivity (Wildman–Crippen MR) is 72.5 cm³/mol. The Bertz CT molecular complexity index is 509. The number of rotatable bonds is 5. The van der Waals surface area contributed by atoms with E-state index in [4.69, 9.17) is 4.42 Å². The summed E-state index contributed by atoms with van der Waals surface area (Å²) < 4.78 is 5.45. The van der Waals surface area contributed by atoms with Crippen molar-refractivity contribution in [3.05, 3.63) is 42.1 Å². The van der Waals surface area contributed by atoms with Crippen molar-refractivity contribution in [3.63, 3.8) is 0 Å². The number of oxazole rings is 1. The molecule has 0 saturated heterocycles. The third-order valence-electron chi connectivity index (χ3n) is 3.17. The van der Waals surface area contributed by atoms with Crippen LogP contribution in [0.1, 0.15) is 50.0 Å². The molecule has 0 aliphatic carbocycles. The van der Waals surface area contributed by atoms with Gasteiger partial charge in [0.25, 0.3) is 0 Å². The van der Waals surface area contributed by atoms with Crippen molar-refractivity contribution in [1.82, 2.24) is 19.9 Å². The molecule has 2 aromatic heterocycles. The van der Waals surface area contributed by atoms with Crippen molar-refractivity contribution in [2.45, 2.75) is 39.3 Å². The van der Waals surface area contributed by atoms with Gasteiger partial charge < -0.3 is 4.42 Å². The van der Waals surface area contributed by atoms with Gasteiger partial charge in [0.15, 0.2) is 5.89 Å². The first kappa shape index (κ1) is 13.7. The summed E-state index contributed by atoms with van der Waals surface area (Å²) in [5.41, 5.74) is 1.96. The summed E-state index contributed by atoms with van der Waals surface area (Å²) in [7, 11) is 2.05. The SMILES string of the molecule is CC(C)c1nc(CN(C)[C@@H](C)c2ccncn2)co1. The summed E-state index contributed by atoms with van der Waals surface area (Å²) >= 11 is 0. The van der Waals surface area contributed by atoms with Gasteiger partial charge in [0.2, 0.25) is 0 Å². The molecule has 102 valence electrons. The average molecular weight is 260 g/mol. The first-order valence-corrected chi connectivity index (χ1v) is 6.48. The Kier molecular flexibility index (Phi) is 4.27. The van der Waals surface area contributed by atoms with Crippen molar-refractivity contribution in [2.24, 2.45) is 0 Å². The minimum Gasteiger partial charge on any atom is -0.448 e. The molecule has 0 aliphatic heterocycles. The fourth-order valence-corrected chi connectivity index (χ4v) is 1.83. The van der Waals surface area contributed by atoms with E-state index in [0.717, 1.165) is 23.8 Å². The van der Waals surface area contributed by atoms with Gasteiger partial charge in [0, 0.05) is 24.7 Å². The van der Waals surface area contributed by atoms with E-state index in [1.165, 1.54) is 0 Å². The molecule has 0 unspecified atom stereocenters. The molecule has 0 aromatic carbocycles. The van der Waals surface area contributed by atoms with E-state index in [1.807, 2.05) is 6.07 Å². The van der Waals surface area contributed by atoms with Crippen LogP contribution >= 0.6 is 0 Å². The highest BCUT2D eigenvalue weighted by atomic mass is 16.3. The molecular formula is C14H20N4O. The number of nitrogens with zero attached hydrogens (tertiary/aromatic N) is 4. The molecule has 0 bridgehead atoms. The molecule has 5 heteroatoms. The topological polar surface area (TPSA) is 55.1 Å². The van der Waals surface area contributed by atoms with E-state index in [0.29, 0.717) is 5.92 Å². The van der Waals surface area contributed by atoms with Crippen LogP contribution in [0.2, 0.25) is 0 Å². The Labute approximate surface area is 113 Å². The Morgan fingerprint density at radius 2 is 2.11 bits per heavy atom. The quantitative estimate of drug-likeness (QED) is 0.827. The predicted octanol–water partition coefficient (Wildman–Crippen LogP) is 2.78. The number of hydrogen-bond donors (Lipinski definition) is 0. The van der Waals surface area contributed by atoms with E-state index >= 15 is 0 Å². The second-order valence-corrected chi connectivity index (χ2v) is 5.06. The van der Waals surface area contributed by atoms with Gasteiger partial charge in [0.05, 0.1) is 11.4 Å². The van der Waals surface area contributed by atoms with Crippen LogP contribution in [0.5, 0.6) is 0 Å². The van der Waals surface area contributed by atoms with Crippen molar-refractivity contribution in [1.29, 1.82) is 0 Å². The summed E-state index contributed by atoms with van der Waals surface area (Å²) in [5, 5.41) is 0. The number of aromatic nitrogens is 3. The van der Waals surface area contributed by atoms with Gasteiger partial charge in [-0.2, -0.15) is 0 Å². The lowest BCUT2D eigenvalue weighted by Gasteiger charge is -2.22. The average Bonchev–Trinajstić information content (AvgIpc) is 2.87. The smallest absolute Gasteiger partial charge is 0.196 e. The van der Waals surface area contributed by atoms with E-state index in [9.17, 15) is 0 Å². The van der Waals surface area contributed by atoms with Crippen LogP contribution in [-0.4, -0.2) is 26.9 Å². The monoisotopic (exact) mass is 260 g/mol. The van der Waals surface area contributed by atoms with Gasteiger partial charge in [-0.05, 0) is 20.0 Å². The summed E-state index contributed by atoms with van der Waals surface area (Å²) in [4.78, 5) is 14.9. The van der Waals surface area contributed by atoms with Crippen LogP contribution in [-0.2, 0) is 6.54 Å². The summed E-state index contributed by atoms with van der Waals surface area (Å²) in [5.74, 6) is 1.11. The normalized spacial score (nSPS) is 13.2. The molecule has 0 N–H and O–H groups in total. The highest BCUT2D eigenvalue weighted by Gasteiger charge is 2.15. The molecule has 0 saturated carbocycles. The molecule has 2 aromatic rings. The molecular weight excluding hydrogens is 240 g/mol. The summed E-state index contributed by atoms with van der Waals surface area (Å²) in [6.07, 6.45) is 5.07. The van der Waals surface area contributed by atoms with Crippen molar-refractivity contribution < 1.29 is 4.42 Å². The molecule has 1 atom stereocenters. The molecule has 2 rings (SSSR count). The summed E-state index contributed by atoms with van der Waals surface area (Å²) in [6, 6.07) is 2.14. The maximum absolute atomic E-state index is 5.45. The minimum atomic E-state index is 0.210. The largest absolute Gasteiger partial charge is 0.448 e. The van der Waals surface area contributed by atoms with Gasteiger partial charge in [-0.25, -0.2) is 15.0 Å². The van der Waals surface area contributed by atoms with E-state index in [-0.39, 0.29) is 6.04 Å². The van der Waals surface area contributed by atoms with Gasteiger partial charge in [-0.1, -0.05) is 13.8 Å². The molecule has 0 aliphatic rings. The maximum Gasteiger partial charge on any atom is 0.196 e. The molecule has 0 fully saturated rings. The first-order chi connectivity index (χ1) is 9.08. The highest BCUT2D eigenvalue weighted by molar-refractivity contribution is 5.05. The lowest BCUT2D eigenvalue weighted by molar-refractivity contribution is 0.245. The standard InChI is InChI=1S/C14H20N4O/c1-10(2)14-17-12(8-19-14)7-18(4)11(3)13-5-6-15-9-16-13/h5-6,8-11H,7H2,1-4H3/t11-/m0/s1. The van der Waals surface area contributed by atoms with Crippen LogP contribution in [0, 0.1) is 0 Å². The molecule has 0 radical (unpaired) electrons. The summed E-state index contributed by atoms with van der Waals surface area (Å²) in [6.45, 7) is 7.00. The van der Waals surface area contributed by atoms with Gasteiger partial charge >= 0.3 is 0 Å². The van der Waals surface area contributed by atoms with Crippen molar-refractivity contribution in [2.75, 3.05) is 7.05 Å². The Morgan fingerprint density at radius 3 is 2.68 bits per heavy atom. The van der Waals surface area contributed by atoms with Gasteiger partial charge in [0.1, 0.15) is 12.6 Å². The third kappa shape index (κ3) is 3.38. The van der Waals surface area contributed by atoms with Gasteiger partial charge in [-0.15, -0.1) is 0 Å². The van der Waals surface area contributed by atoms with Crippen molar-refractivity contribution >= 4 is 0 Å². The fourth-order valence-electron chi connectivity index (χ4n) is 1.83. The van der Waals surface area contributed by atoms with Crippen LogP contribution in [0.4, 0.5) is 0 Å². The molecule has 0 amide bonds. The highest BCUT2D eigenvalue weighted by Crippen LogP contribution is 2.19. The van der Waals surface area contributed by atoms with E-state index in [2.05, 4.69) is 47.7 Å². The molecule has 19 heavy (non-hydrogen) atoms.